The van der Waals surface area contributed by atoms with E-state index in [-0.39, 0.29) is 11.2 Å². The van der Waals surface area contributed by atoms with Crippen LogP contribution in [0.1, 0.15) is 48.4 Å². The number of carbonyl (C=O) groups is 1. The second-order valence-corrected chi connectivity index (χ2v) is 6.94. The van der Waals surface area contributed by atoms with Crippen molar-refractivity contribution in [1.82, 2.24) is 0 Å². The summed E-state index contributed by atoms with van der Waals surface area (Å²) in [6.07, 6.45) is -0.643. The summed E-state index contributed by atoms with van der Waals surface area (Å²) in [6, 6.07) is 11.4. The molecule has 2 aromatic rings. The van der Waals surface area contributed by atoms with Gasteiger partial charge in [-0.2, -0.15) is 0 Å². The summed E-state index contributed by atoms with van der Waals surface area (Å²) in [5.74, 6) is 1.49. The third-order valence-electron chi connectivity index (χ3n) is 4.30. The second-order valence-electron chi connectivity index (χ2n) is 6.94. The lowest BCUT2D eigenvalue weighted by molar-refractivity contribution is 0.0856. The number of ketones is 1. The Bertz CT molecular complexity index is 769. The van der Waals surface area contributed by atoms with Crippen LogP contribution in [0.15, 0.2) is 36.4 Å². The van der Waals surface area contributed by atoms with Crippen molar-refractivity contribution in [2.75, 3.05) is 14.2 Å². The van der Waals surface area contributed by atoms with Crippen LogP contribution in [0, 0.1) is 0 Å². The smallest absolute Gasteiger partial charge is 0.215 e. The monoisotopic (exact) mass is 326 g/mol. The predicted molar refractivity (Wildman–Crippen MR) is 92.4 cm³/mol. The first-order valence-electron chi connectivity index (χ1n) is 7.92. The van der Waals surface area contributed by atoms with Crippen molar-refractivity contribution in [3.05, 3.63) is 53.1 Å². The molecule has 0 aromatic heterocycles. The van der Waals surface area contributed by atoms with Crippen LogP contribution in [0.2, 0.25) is 0 Å². The molecule has 3 rings (SSSR count). The van der Waals surface area contributed by atoms with Gasteiger partial charge in [-0.1, -0.05) is 45.0 Å². The molecular weight excluding hydrogens is 304 g/mol. The van der Waals surface area contributed by atoms with E-state index in [0.29, 0.717) is 22.8 Å². The van der Waals surface area contributed by atoms with Gasteiger partial charge in [0.1, 0.15) is 22.8 Å². The van der Waals surface area contributed by atoms with Gasteiger partial charge >= 0.3 is 0 Å². The van der Waals surface area contributed by atoms with E-state index in [4.69, 9.17) is 14.2 Å². The molecule has 0 saturated carbocycles. The highest BCUT2D eigenvalue weighted by Crippen LogP contribution is 2.44. The number of carbonyl (C=O) groups excluding carboxylic acids is 1. The van der Waals surface area contributed by atoms with Crippen LogP contribution >= 0.6 is 0 Å². The normalized spacial score (nSPS) is 16.5. The SMILES string of the molecule is COc1cc(OC)c2c(c1)OC(c1ccc(C(C)(C)C)cc1)C2=O. The van der Waals surface area contributed by atoms with E-state index in [1.807, 2.05) is 24.3 Å². The van der Waals surface area contributed by atoms with E-state index in [9.17, 15) is 4.79 Å². The van der Waals surface area contributed by atoms with Crippen molar-refractivity contribution < 1.29 is 19.0 Å². The van der Waals surface area contributed by atoms with Crippen LogP contribution in [-0.4, -0.2) is 20.0 Å². The molecule has 24 heavy (non-hydrogen) atoms. The molecule has 1 heterocycles. The maximum atomic E-state index is 12.8. The van der Waals surface area contributed by atoms with Gasteiger partial charge in [0.15, 0.2) is 6.10 Å². The zero-order valence-corrected chi connectivity index (χ0v) is 14.7. The maximum Gasteiger partial charge on any atom is 0.215 e. The van der Waals surface area contributed by atoms with E-state index in [1.165, 1.54) is 12.7 Å². The molecule has 0 N–H and O–H groups in total. The third-order valence-corrected chi connectivity index (χ3v) is 4.30. The lowest BCUT2D eigenvalue weighted by Gasteiger charge is -2.19. The number of hydrogen-bond acceptors (Lipinski definition) is 4. The Morgan fingerprint density at radius 1 is 1.00 bits per heavy atom. The van der Waals surface area contributed by atoms with Crippen LogP contribution in [-0.2, 0) is 5.41 Å². The van der Waals surface area contributed by atoms with E-state index in [1.54, 1.807) is 19.2 Å². The molecule has 4 nitrogen and oxygen atoms in total. The topological polar surface area (TPSA) is 44.8 Å². The molecule has 1 unspecified atom stereocenters. The van der Waals surface area contributed by atoms with Crippen LogP contribution in [0.3, 0.4) is 0 Å². The summed E-state index contributed by atoms with van der Waals surface area (Å²) in [5, 5.41) is 0. The molecule has 126 valence electrons. The van der Waals surface area contributed by atoms with Crippen molar-refractivity contribution in [1.29, 1.82) is 0 Å². The first-order chi connectivity index (χ1) is 11.3. The highest BCUT2D eigenvalue weighted by Gasteiger charge is 2.37. The summed E-state index contributed by atoms with van der Waals surface area (Å²) >= 11 is 0. The lowest BCUT2D eigenvalue weighted by atomic mass is 9.86. The Hall–Kier alpha value is -2.49. The van der Waals surface area contributed by atoms with E-state index in [2.05, 4.69) is 20.8 Å². The van der Waals surface area contributed by atoms with E-state index >= 15 is 0 Å². The maximum absolute atomic E-state index is 12.8. The zero-order valence-electron chi connectivity index (χ0n) is 14.7. The Labute approximate surface area is 142 Å². The van der Waals surface area contributed by atoms with Crippen LogP contribution < -0.4 is 14.2 Å². The number of methoxy groups -OCH3 is 2. The summed E-state index contributed by atoms with van der Waals surface area (Å²) in [5.41, 5.74) is 2.60. The summed E-state index contributed by atoms with van der Waals surface area (Å²) < 4.78 is 16.5. The molecule has 0 bridgehead atoms. The van der Waals surface area contributed by atoms with Crippen LogP contribution in [0.5, 0.6) is 17.2 Å². The van der Waals surface area contributed by atoms with Crippen molar-refractivity contribution in [3.8, 4) is 17.2 Å². The molecular formula is C20H22O4. The predicted octanol–water partition coefficient (Wildman–Crippen LogP) is 4.32. The fourth-order valence-electron chi connectivity index (χ4n) is 2.87. The molecule has 1 aliphatic heterocycles. The molecule has 0 aliphatic carbocycles. The minimum atomic E-state index is -0.643. The highest BCUT2D eigenvalue weighted by atomic mass is 16.5. The summed E-state index contributed by atoms with van der Waals surface area (Å²) in [6.45, 7) is 6.48. The van der Waals surface area contributed by atoms with Gasteiger partial charge in [-0.3, -0.25) is 4.79 Å². The number of Topliss-reactive ketones (excluding diaryl/α,β-unsaturated/α-hetero) is 1. The van der Waals surface area contributed by atoms with Gasteiger partial charge in [0.25, 0.3) is 0 Å². The Kier molecular flexibility index (Phi) is 3.99. The highest BCUT2D eigenvalue weighted by molar-refractivity contribution is 6.07. The van der Waals surface area contributed by atoms with Crippen molar-refractivity contribution in [3.63, 3.8) is 0 Å². The lowest BCUT2D eigenvalue weighted by Crippen LogP contribution is -2.14. The molecule has 1 atom stereocenters. The Morgan fingerprint density at radius 2 is 1.67 bits per heavy atom. The van der Waals surface area contributed by atoms with Gasteiger partial charge in [0.05, 0.1) is 14.2 Å². The van der Waals surface area contributed by atoms with E-state index < -0.39 is 6.10 Å². The molecule has 4 heteroatoms. The third kappa shape index (κ3) is 2.73. The van der Waals surface area contributed by atoms with Gasteiger partial charge in [-0.25, -0.2) is 0 Å². The second kappa shape index (κ2) is 5.86. The first-order valence-corrected chi connectivity index (χ1v) is 7.92. The fourth-order valence-corrected chi connectivity index (χ4v) is 2.87. The number of ether oxygens (including phenoxy) is 3. The van der Waals surface area contributed by atoms with Gasteiger partial charge < -0.3 is 14.2 Å². The Balaban J connectivity index is 1.96. The van der Waals surface area contributed by atoms with Crippen molar-refractivity contribution in [2.24, 2.45) is 0 Å². The largest absolute Gasteiger partial charge is 0.496 e. The number of rotatable bonds is 3. The molecule has 2 aromatic carbocycles. The van der Waals surface area contributed by atoms with Crippen LogP contribution in [0.4, 0.5) is 0 Å². The minimum Gasteiger partial charge on any atom is -0.496 e. The minimum absolute atomic E-state index is 0.0681. The van der Waals surface area contributed by atoms with Crippen molar-refractivity contribution >= 4 is 5.78 Å². The van der Waals surface area contributed by atoms with Crippen molar-refractivity contribution in [2.45, 2.75) is 32.3 Å². The average Bonchev–Trinajstić information content (AvgIpc) is 2.90. The standard InChI is InChI=1S/C20H22O4/c1-20(2,3)13-8-6-12(7-9-13)19-18(21)17-15(23-5)10-14(22-4)11-16(17)24-19/h6-11,19H,1-5H3. The molecule has 0 radical (unpaired) electrons. The number of benzene rings is 2. The van der Waals surface area contributed by atoms with Gasteiger partial charge in [0, 0.05) is 17.7 Å². The fraction of sp³-hybridized carbons (Fsp3) is 0.350. The van der Waals surface area contributed by atoms with Crippen LogP contribution in [0.25, 0.3) is 0 Å². The van der Waals surface area contributed by atoms with Gasteiger partial charge in [-0.15, -0.1) is 0 Å². The molecule has 0 fully saturated rings. The number of hydrogen-bond donors (Lipinski definition) is 0. The summed E-state index contributed by atoms with van der Waals surface area (Å²) in [4.78, 5) is 12.8. The molecule has 0 amide bonds. The van der Waals surface area contributed by atoms with Gasteiger partial charge in [0.2, 0.25) is 5.78 Å². The molecule has 0 saturated heterocycles. The molecule has 0 spiro atoms. The van der Waals surface area contributed by atoms with E-state index in [0.717, 1.165) is 5.56 Å². The summed E-state index contributed by atoms with van der Waals surface area (Å²) in [7, 11) is 3.11. The Morgan fingerprint density at radius 3 is 2.21 bits per heavy atom. The molecule has 1 aliphatic rings. The number of fused-ring (bicyclic) bond motifs is 1. The quantitative estimate of drug-likeness (QED) is 0.843. The average molecular weight is 326 g/mol. The zero-order chi connectivity index (χ0) is 17.5. The first kappa shape index (κ1) is 16.4. The van der Waals surface area contributed by atoms with Gasteiger partial charge in [-0.05, 0) is 11.0 Å².